The third-order valence-electron chi connectivity index (χ3n) is 6.58. The number of rotatable bonds is 7. The number of hydrogen-bond acceptors (Lipinski definition) is 4. The minimum atomic E-state index is -3.91. The van der Waals surface area contributed by atoms with Gasteiger partial charge >= 0.3 is 10.1 Å². The quantitative estimate of drug-likeness (QED) is 0.310. The van der Waals surface area contributed by atoms with E-state index < -0.39 is 18.8 Å². The molecule has 144 valence electrons. The molecule has 2 aliphatic carbocycles. The first-order valence-electron chi connectivity index (χ1n) is 9.35. The molecule has 1 aromatic rings. The van der Waals surface area contributed by atoms with Crippen molar-refractivity contribution in [1.82, 2.24) is 0 Å². The Hall–Kier alpha value is -0.630. The van der Waals surface area contributed by atoms with Gasteiger partial charge < -0.3 is 4.18 Å². The highest BCUT2D eigenvalue weighted by molar-refractivity contribution is 14.1. The van der Waals surface area contributed by atoms with E-state index in [1.165, 1.54) is 5.56 Å². The predicted molar refractivity (Wildman–Crippen MR) is 111 cm³/mol. The Morgan fingerprint density at radius 1 is 1.27 bits per heavy atom. The number of hydrogen-bond donors (Lipinski definition) is 0. The number of fused-ring (bicyclic) bond motifs is 2. The summed E-state index contributed by atoms with van der Waals surface area (Å²) < 4.78 is 30.5. The highest BCUT2D eigenvalue weighted by Gasteiger charge is 2.69. The predicted octanol–water partition coefficient (Wildman–Crippen LogP) is 4.89. The average molecular weight is 490 g/mol. The Kier molecular flexibility index (Phi) is 5.47. The van der Waals surface area contributed by atoms with Gasteiger partial charge in [-0.25, -0.2) is 0 Å². The maximum Gasteiger partial charge on any atom is 0.322 e. The van der Waals surface area contributed by atoms with Crippen molar-refractivity contribution in [3.05, 3.63) is 29.8 Å². The Morgan fingerprint density at radius 2 is 1.92 bits per heavy atom. The van der Waals surface area contributed by atoms with Gasteiger partial charge in [0.1, 0.15) is 11.5 Å². The summed E-state index contributed by atoms with van der Waals surface area (Å²) in [5, 5.41) is 0. The molecule has 4 nitrogen and oxygen atoms in total. The topological polar surface area (TPSA) is 60.4 Å². The first-order valence-corrected chi connectivity index (χ1v) is 12.1. The second-order valence-corrected chi connectivity index (χ2v) is 11.9. The van der Waals surface area contributed by atoms with Crippen LogP contribution in [0.15, 0.2) is 24.3 Å². The normalized spacial score (nSPS) is 28.3. The molecule has 3 rings (SSSR count). The fourth-order valence-electron chi connectivity index (χ4n) is 4.76. The zero-order valence-corrected chi connectivity index (χ0v) is 18.6. The van der Waals surface area contributed by atoms with E-state index >= 15 is 0 Å². The summed E-state index contributed by atoms with van der Waals surface area (Å²) in [6, 6.07) is 7.25. The van der Waals surface area contributed by atoms with Crippen molar-refractivity contribution in [3.8, 4) is 5.75 Å². The lowest BCUT2D eigenvalue weighted by molar-refractivity contribution is -0.128. The van der Waals surface area contributed by atoms with E-state index in [1.54, 1.807) is 12.1 Å². The largest absolute Gasteiger partial charge is 0.382 e. The summed E-state index contributed by atoms with van der Waals surface area (Å²) in [6.07, 6.45) is 5.25. The van der Waals surface area contributed by atoms with Gasteiger partial charge in [-0.3, -0.25) is 4.79 Å². The van der Waals surface area contributed by atoms with Gasteiger partial charge in [0, 0.05) is 6.42 Å². The second kappa shape index (κ2) is 7.08. The maximum atomic E-state index is 13.0. The summed E-state index contributed by atoms with van der Waals surface area (Å²) in [4.78, 5) is 12.7. The van der Waals surface area contributed by atoms with E-state index in [-0.39, 0.29) is 17.1 Å². The Morgan fingerprint density at radius 3 is 2.42 bits per heavy atom. The molecule has 0 heterocycles. The molecule has 2 aliphatic rings. The fraction of sp³-hybridized carbons (Fsp3) is 0.650. The van der Waals surface area contributed by atoms with Crippen molar-refractivity contribution < 1.29 is 17.4 Å². The first kappa shape index (κ1) is 20.1. The molecule has 0 aromatic heterocycles. The summed E-state index contributed by atoms with van der Waals surface area (Å²) in [5.74, 6) is 0.682. The minimum Gasteiger partial charge on any atom is -0.382 e. The molecule has 2 fully saturated rings. The van der Waals surface area contributed by atoms with E-state index in [0.717, 1.165) is 25.7 Å². The lowest BCUT2D eigenvalue weighted by Crippen LogP contribution is -2.48. The molecule has 6 heteroatoms. The molecule has 3 atom stereocenters. The van der Waals surface area contributed by atoms with Crippen LogP contribution in [-0.2, 0) is 21.3 Å². The monoisotopic (exact) mass is 490 g/mol. The van der Waals surface area contributed by atoms with Gasteiger partial charge in [0.15, 0.2) is 3.26 Å². The van der Waals surface area contributed by atoms with Crippen LogP contribution in [0.3, 0.4) is 0 Å². The highest BCUT2D eigenvalue weighted by Crippen LogP contribution is 2.67. The SMILES string of the molecule is CCCCc1ccc(OS(=O)(=O)C(I)C23CCC(CC2=O)C3(C)C)cc1. The molecule has 26 heavy (non-hydrogen) atoms. The molecule has 0 saturated heterocycles. The fourth-order valence-corrected chi connectivity index (χ4v) is 8.04. The van der Waals surface area contributed by atoms with Crippen molar-refractivity contribution in [1.29, 1.82) is 0 Å². The zero-order chi connectivity index (χ0) is 19.2. The number of carbonyl (C=O) groups excluding carboxylic acids is 1. The van der Waals surface area contributed by atoms with Crippen molar-refractivity contribution in [2.45, 2.75) is 62.6 Å². The Bertz CT molecular complexity index is 785. The molecule has 0 aliphatic heterocycles. The molecule has 0 N–H and O–H groups in total. The van der Waals surface area contributed by atoms with Crippen LogP contribution in [0.4, 0.5) is 0 Å². The number of ketones is 1. The van der Waals surface area contributed by atoms with Gasteiger partial charge in [0.2, 0.25) is 0 Å². The molecular weight excluding hydrogens is 463 g/mol. The van der Waals surface area contributed by atoms with E-state index in [2.05, 4.69) is 6.92 Å². The molecule has 2 saturated carbocycles. The summed E-state index contributed by atoms with van der Waals surface area (Å²) in [6.45, 7) is 6.22. The number of unbranched alkanes of at least 4 members (excludes halogenated alkanes) is 1. The van der Waals surface area contributed by atoms with Crippen LogP contribution in [0, 0.1) is 16.7 Å². The molecular formula is C20H27IO4S. The van der Waals surface area contributed by atoms with E-state index in [9.17, 15) is 13.2 Å². The lowest BCUT2D eigenvalue weighted by atomic mass is 9.70. The highest BCUT2D eigenvalue weighted by atomic mass is 127. The smallest absolute Gasteiger partial charge is 0.322 e. The van der Waals surface area contributed by atoms with E-state index in [1.807, 2.05) is 48.6 Å². The number of Topliss-reactive ketones (excluding diaryl/α,β-unsaturated/α-hetero) is 1. The van der Waals surface area contributed by atoms with Crippen LogP contribution in [0.1, 0.15) is 58.4 Å². The summed E-state index contributed by atoms with van der Waals surface area (Å²) in [7, 11) is -3.91. The van der Waals surface area contributed by atoms with Gasteiger partial charge in [0.05, 0.1) is 5.41 Å². The molecule has 3 unspecified atom stereocenters. The number of halogens is 1. The summed E-state index contributed by atoms with van der Waals surface area (Å²) >= 11 is 1.92. The van der Waals surface area contributed by atoms with Crippen LogP contribution in [0.25, 0.3) is 0 Å². The number of aryl methyl sites for hydroxylation is 1. The van der Waals surface area contributed by atoms with E-state index in [0.29, 0.717) is 18.6 Å². The van der Waals surface area contributed by atoms with Gasteiger partial charge in [-0.15, -0.1) is 0 Å². The number of carbonyl (C=O) groups is 1. The first-order chi connectivity index (χ1) is 12.1. The van der Waals surface area contributed by atoms with Crippen molar-refractivity contribution >= 4 is 38.5 Å². The molecule has 0 amide bonds. The van der Waals surface area contributed by atoms with Crippen LogP contribution in [0.2, 0.25) is 0 Å². The summed E-state index contributed by atoms with van der Waals surface area (Å²) in [5.41, 5.74) is 0.0288. The van der Waals surface area contributed by atoms with Gasteiger partial charge in [0.25, 0.3) is 0 Å². The van der Waals surface area contributed by atoms with Crippen LogP contribution in [0.5, 0.6) is 5.75 Å². The van der Waals surface area contributed by atoms with E-state index in [4.69, 9.17) is 4.18 Å². The van der Waals surface area contributed by atoms with Crippen LogP contribution >= 0.6 is 22.6 Å². The Labute approximate surface area is 170 Å². The molecule has 0 spiro atoms. The van der Waals surface area contributed by atoms with Gasteiger partial charge in [-0.05, 0) is 54.7 Å². The second-order valence-electron chi connectivity index (χ2n) is 8.20. The van der Waals surface area contributed by atoms with Crippen molar-refractivity contribution in [2.75, 3.05) is 0 Å². The number of benzene rings is 1. The van der Waals surface area contributed by atoms with Gasteiger partial charge in [-0.2, -0.15) is 8.42 Å². The van der Waals surface area contributed by atoms with Gasteiger partial charge in [-0.1, -0.05) is 61.9 Å². The molecule has 0 radical (unpaired) electrons. The molecule has 1 aromatic carbocycles. The lowest BCUT2D eigenvalue weighted by Gasteiger charge is -2.39. The van der Waals surface area contributed by atoms with Crippen LogP contribution < -0.4 is 4.18 Å². The van der Waals surface area contributed by atoms with Crippen molar-refractivity contribution in [2.24, 2.45) is 16.7 Å². The third-order valence-corrected chi connectivity index (χ3v) is 10.8. The minimum absolute atomic E-state index is 0.0836. The number of alkyl halides is 1. The standard InChI is InChI=1S/C20H27IO4S/c1-4-5-6-14-7-9-16(10-8-14)25-26(23,24)18(21)20-12-11-15(13-17(20)22)19(20,2)3/h7-10,15,18H,4-6,11-13H2,1-3H3. The average Bonchev–Trinajstić information content (AvgIpc) is 2.95. The van der Waals surface area contributed by atoms with Crippen molar-refractivity contribution in [3.63, 3.8) is 0 Å². The zero-order valence-electron chi connectivity index (χ0n) is 15.6. The third kappa shape index (κ3) is 3.11. The maximum absolute atomic E-state index is 13.0. The van der Waals surface area contributed by atoms with Crippen LogP contribution in [-0.4, -0.2) is 17.5 Å². The Balaban J connectivity index is 1.81. The molecule has 2 bridgehead atoms.